The molecule has 0 atom stereocenters. The average molecular weight is 356 g/mol. The fourth-order valence-corrected chi connectivity index (χ4v) is 2.65. The van der Waals surface area contributed by atoms with Crippen molar-refractivity contribution in [3.63, 3.8) is 0 Å². The number of nitrogens with one attached hydrogen (secondary N) is 2. The van der Waals surface area contributed by atoms with Crippen molar-refractivity contribution in [2.24, 2.45) is 0 Å². The van der Waals surface area contributed by atoms with Crippen LogP contribution < -0.4 is 5.32 Å². The zero-order valence-corrected chi connectivity index (χ0v) is 13.5. The van der Waals surface area contributed by atoms with E-state index >= 15 is 0 Å². The molecule has 5 nitrogen and oxygen atoms in total. The highest BCUT2D eigenvalue weighted by Crippen LogP contribution is 2.26. The van der Waals surface area contributed by atoms with E-state index in [1.807, 2.05) is 6.07 Å². The van der Waals surface area contributed by atoms with E-state index in [9.17, 15) is 9.18 Å². The summed E-state index contributed by atoms with van der Waals surface area (Å²) >= 11 is 5.79. The number of hydrogen-bond acceptors (Lipinski definition) is 3. The molecule has 124 valence electrons. The highest BCUT2D eigenvalue weighted by atomic mass is 35.5. The molecule has 0 unspecified atom stereocenters. The van der Waals surface area contributed by atoms with Gasteiger partial charge in [-0.2, -0.15) is 0 Å². The lowest BCUT2D eigenvalue weighted by molar-refractivity contribution is 0.102. The molecule has 2 heterocycles. The quantitative estimate of drug-likeness (QED) is 0.551. The molecule has 0 spiro atoms. The van der Waals surface area contributed by atoms with Gasteiger partial charge in [-0.3, -0.25) is 4.79 Å². The fraction of sp³-hybridized carbons (Fsp3) is 0. The minimum Gasteiger partial charge on any atom is -0.441 e. The molecule has 2 aromatic carbocycles. The van der Waals surface area contributed by atoms with E-state index in [-0.39, 0.29) is 16.9 Å². The lowest BCUT2D eigenvalue weighted by Crippen LogP contribution is -2.12. The van der Waals surface area contributed by atoms with E-state index in [1.54, 1.807) is 24.3 Å². The summed E-state index contributed by atoms with van der Waals surface area (Å²) in [5.41, 5.74) is 2.08. The lowest BCUT2D eigenvalue weighted by Gasteiger charge is -2.05. The first-order valence-electron chi connectivity index (χ1n) is 7.41. The molecule has 2 aromatic heterocycles. The number of halogens is 2. The summed E-state index contributed by atoms with van der Waals surface area (Å²) in [6.07, 6.45) is 0. The monoisotopic (exact) mass is 355 g/mol. The third-order valence-electron chi connectivity index (χ3n) is 3.67. The summed E-state index contributed by atoms with van der Waals surface area (Å²) in [5, 5.41) is 2.98. The molecule has 0 fully saturated rings. The Morgan fingerprint density at radius 1 is 1.12 bits per heavy atom. The number of para-hydroxylation sites is 1. The first kappa shape index (κ1) is 15.4. The molecule has 0 aliphatic carbocycles. The van der Waals surface area contributed by atoms with E-state index in [4.69, 9.17) is 16.0 Å². The van der Waals surface area contributed by atoms with Crippen molar-refractivity contribution < 1.29 is 13.6 Å². The van der Waals surface area contributed by atoms with E-state index in [2.05, 4.69) is 15.3 Å². The second kappa shape index (κ2) is 6.07. The van der Waals surface area contributed by atoms with Gasteiger partial charge >= 0.3 is 0 Å². The van der Waals surface area contributed by atoms with E-state index < -0.39 is 0 Å². The molecule has 25 heavy (non-hydrogen) atoms. The Balaban J connectivity index is 1.70. The Morgan fingerprint density at radius 3 is 2.64 bits per heavy atom. The first-order chi connectivity index (χ1) is 12.1. The summed E-state index contributed by atoms with van der Waals surface area (Å²) in [7, 11) is 0. The van der Waals surface area contributed by atoms with Crippen LogP contribution in [0.2, 0.25) is 5.22 Å². The Labute approximate surface area is 146 Å². The number of anilines is 1. The maximum Gasteiger partial charge on any atom is 0.257 e. The van der Waals surface area contributed by atoms with Crippen molar-refractivity contribution in [1.29, 1.82) is 0 Å². The molecule has 2 N–H and O–H groups in total. The number of hydrogen-bond donors (Lipinski definition) is 2. The minimum absolute atomic E-state index is 0.254. The summed E-state index contributed by atoms with van der Waals surface area (Å²) < 4.78 is 18.3. The maximum absolute atomic E-state index is 13.0. The molecule has 0 aliphatic heterocycles. The Kier molecular flexibility index (Phi) is 3.74. The molecule has 7 heteroatoms. The van der Waals surface area contributed by atoms with Crippen LogP contribution in [0.3, 0.4) is 0 Å². The van der Waals surface area contributed by atoms with Gasteiger partial charge in [0.05, 0.1) is 11.1 Å². The van der Waals surface area contributed by atoms with E-state index in [0.29, 0.717) is 33.9 Å². The second-order valence-corrected chi connectivity index (χ2v) is 5.72. The Bertz CT molecular complexity index is 1070. The van der Waals surface area contributed by atoms with Crippen LogP contribution in [0.1, 0.15) is 10.4 Å². The number of amides is 1. The van der Waals surface area contributed by atoms with Crippen molar-refractivity contribution >= 4 is 34.2 Å². The van der Waals surface area contributed by atoms with Gasteiger partial charge in [0, 0.05) is 5.69 Å². The molecular weight excluding hydrogens is 345 g/mol. The number of fused-ring (bicyclic) bond motifs is 1. The topological polar surface area (TPSA) is 70.9 Å². The molecule has 1 amide bonds. The number of carbonyl (C=O) groups excluding carboxylic acids is 1. The number of furan rings is 1. The zero-order valence-electron chi connectivity index (χ0n) is 12.7. The van der Waals surface area contributed by atoms with Gasteiger partial charge in [-0.15, -0.1) is 0 Å². The molecule has 4 rings (SSSR count). The van der Waals surface area contributed by atoms with Crippen molar-refractivity contribution in [3.8, 4) is 11.6 Å². The average Bonchev–Trinajstić information content (AvgIpc) is 3.22. The molecule has 0 radical (unpaired) electrons. The number of aromatic amines is 1. The molecule has 0 aliphatic rings. The number of aromatic nitrogens is 2. The summed E-state index contributed by atoms with van der Waals surface area (Å²) in [6, 6.07) is 14.1. The normalized spacial score (nSPS) is 11.0. The number of H-pyrrole nitrogens is 1. The van der Waals surface area contributed by atoms with Crippen molar-refractivity contribution in [1.82, 2.24) is 9.97 Å². The van der Waals surface area contributed by atoms with Crippen LogP contribution >= 0.6 is 11.6 Å². The third kappa shape index (κ3) is 2.99. The van der Waals surface area contributed by atoms with Crippen molar-refractivity contribution in [3.05, 3.63) is 71.2 Å². The third-order valence-corrected chi connectivity index (χ3v) is 3.87. The largest absolute Gasteiger partial charge is 0.441 e. The molecule has 0 bridgehead atoms. The van der Waals surface area contributed by atoms with E-state index in [1.165, 1.54) is 24.3 Å². The molecule has 0 saturated heterocycles. The van der Waals surface area contributed by atoms with Crippen LogP contribution in [-0.2, 0) is 0 Å². The van der Waals surface area contributed by atoms with Gasteiger partial charge in [-0.1, -0.05) is 6.07 Å². The van der Waals surface area contributed by atoms with Crippen molar-refractivity contribution in [2.45, 2.75) is 0 Å². The number of benzene rings is 2. The first-order valence-corrected chi connectivity index (χ1v) is 7.79. The van der Waals surface area contributed by atoms with Gasteiger partial charge in [-0.25, -0.2) is 9.37 Å². The number of carbonyl (C=O) groups is 1. The summed E-state index contributed by atoms with van der Waals surface area (Å²) in [6.45, 7) is 0. The van der Waals surface area contributed by atoms with Gasteiger partial charge < -0.3 is 14.7 Å². The number of imidazole rings is 1. The fourth-order valence-electron chi connectivity index (χ4n) is 2.51. The van der Waals surface area contributed by atoms with Crippen LogP contribution in [0, 0.1) is 5.82 Å². The maximum atomic E-state index is 13.0. The summed E-state index contributed by atoms with van der Waals surface area (Å²) in [4.78, 5) is 20.1. The molecule has 4 aromatic rings. The second-order valence-electron chi connectivity index (χ2n) is 5.35. The van der Waals surface area contributed by atoms with Crippen LogP contribution in [0.4, 0.5) is 10.1 Å². The van der Waals surface area contributed by atoms with Crippen LogP contribution in [-0.4, -0.2) is 15.9 Å². The van der Waals surface area contributed by atoms with Gasteiger partial charge in [0.15, 0.2) is 16.8 Å². The molecular formula is C18H11ClFN3O2. The standard InChI is InChI=1S/C18H11ClFN3O2/c19-15-9-8-14(25-15)17-22-13-3-1-2-12(16(13)23-17)18(24)21-11-6-4-10(20)5-7-11/h1-9H,(H,21,24)(H,22,23). The highest BCUT2D eigenvalue weighted by molar-refractivity contribution is 6.29. The zero-order chi connectivity index (χ0) is 17.4. The number of nitrogens with zero attached hydrogens (tertiary/aromatic N) is 1. The highest BCUT2D eigenvalue weighted by Gasteiger charge is 2.16. The Hall–Kier alpha value is -3.12. The summed E-state index contributed by atoms with van der Waals surface area (Å²) in [5.74, 6) is 0.247. The SMILES string of the molecule is O=C(Nc1ccc(F)cc1)c1cccc2[nH]c(-c3ccc(Cl)o3)nc12. The van der Waals surface area contributed by atoms with Gasteiger partial charge in [0.1, 0.15) is 11.3 Å². The predicted molar refractivity (Wildman–Crippen MR) is 93.2 cm³/mol. The van der Waals surface area contributed by atoms with Gasteiger partial charge in [0.25, 0.3) is 5.91 Å². The van der Waals surface area contributed by atoms with E-state index in [0.717, 1.165) is 0 Å². The van der Waals surface area contributed by atoms with Crippen LogP contribution in [0.5, 0.6) is 0 Å². The minimum atomic E-state index is -0.367. The van der Waals surface area contributed by atoms with Gasteiger partial charge in [-0.05, 0) is 60.1 Å². The van der Waals surface area contributed by atoms with Crippen molar-refractivity contribution in [2.75, 3.05) is 5.32 Å². The Morgan fingerprint density at radius 2 is 1.92 bits per heavy atom. The predicted octanol–water partition coefficient (Wildman–Crippen LogP) is 4.87. The van der Waals surface area contributed by atoms with Gasteiger partial charge in [0.2, 0.25) is 0 Å². The smallest absolute Gasteiger partial charge is 0.257 e. The van der Waals surface area contributed by atoms with Crippen LogP contribution in [0.15, 0.2) is 59.0 Å². The lowest BCUT2D eigenvalue weighted by atomic mass is 10.1. The number of rotatable bonds is 3. The molecule has 0 saturated carbocycles. The van der Waals surface area contributed by atoms with Crippen LogP contribution in [0.25, 0.3) is 22.6 Å².